The molecule has 2 aliphatic carbocycles. The Kier molecular flexibility index (Phi) is 6.12. The van der Waals surface area contributed by atoms with E-state index in [-0.39, 0.29) is 10.7 Å². The first-order chi connectivity index (χ1) is 15.2. The van der Waals surface area contributed by atoms with Crippen LogP contribution >= 0.6 is 0 Å². The molecule has 0 saturated heterocycles. The molecule has 2 aromatic rings. The van der Waals surface area contributed by atoms with Gasteiger partial charge in [-0.05, 0) is 67.7 Å². The summed E-state index contributed by atoms with van der Waals surface area (Å²) in [5.41, 5.74) is 4.42. The van der Waals surface area contributed by atoms with Crippen molar-refractivity contribution in [1.82, 2.24) is 9.78 Å². The summed E-state index contributed by atoms with van der Waals surface area (Å²) in [4.78, 5) is 12.8. The van der Waals surface area contributed by atoms with Gasteiger partial charge in [0.05, 0.1) is 25.5 Å². The SMILES string of the molecule is CC(CO)(CO)n1nc(S(N)(=O)=NC(=O)Nc2c3c(cc4c2CCC4)CCC3)cc1CO. The van der Waals surface area contributed by atoms with Crippen LogP contribution in [-0.2, 0) is 47.7 Å². The quantitative estimate of drug-likeness (QED) is 0.429. The molecular weight excluding hydrogens is 434 g/mol. The third kappa shape index (κ3) is 3.95. The lowest BCUT2D eigenvalue weighted by Crippen LogP contribution is -2.40. The molecule has 1 aromatic heterocycles. The summed E-state index contributed by atoms with van der Waals surface area (Å²) in [5, 5.41) is 41.5. The van der Waals surface area contributed by atoms with Gasteiger partial charge in [-0.15, -0.1) is 4.36 Å². The van der Waals surface area contributed by atoms with Gasteiger partial charge >= 0.3 is 6.03 Å². The number of fused-ring (bicyclic) bond motifs is 2. The van der Waals surface area contributed by atoms with Crippen molar-refractivity contribution in [2.45, 2.75) is 62.6 Å². The van der Waals surface area contributed by atoms with Crippen molar-refractivity contribution in [3.8, 4) is 0 Å². The largest absolute Gasteiger partial charge is 0.394 e. The van der Waals surface area contributed by atoms with Crippen molar-refractivity contribution in [1.29, 1.82) is 0 Å². The van der Waals surface area contributed by atoms with Crippen LogP contribution in [0.1, 0.15) is 47.7 Å². The lowest BCUT2D eigenvalue weighted by atomic mass is 9.99. The zero-order valence-electron chi connectivity index (χ0n) is 18.0. The molecule has 0 bridgehead atoms. The van der Waals surface area contributed by atoms with Gasteiger partial charge in [0, 0.05) is 11.8 Å². The number of hydrogen-bond donors (Lipinski definition) is 5. The maximum atomic E-state index is 13.1. The zero-order valence-corrected chi connectivity index (χ0v) is 18.8. The monoisotopic (exact) mass is 463 g/mol. The molecule has 0 fully saturated rings. The summed E-state index contributed by atoms with van der Waals surface area (Å²) in [5.74, 6) is 0. The number of aryl methyl sites for hydroxylation is 2. The van der Waals surface area contributed by atoms with E-state index in [2.05, 4.69) is 20.8 Å². The summed E-state index contributed by atoms with van der Waals surface area (Å²) in [6.07, 6.45) is 5.77. The van der Waals surface area contributed by atoms with E-state index in [4.69, 9.17) is 5.14 Å². The molecule has 2 amide bonds. The minimum Gasteiger partial charge on any atom is -0.394 e. The number of amides is 2. The molecule has 0 aliphatic heterocycles. The molecule has 2 aliphatic rings. The number of nitrogens with one attached hydrogen (secondary N) is 1. The number of rotatable bonds is 6. The van der Waals surface area contributed by atoms with Gasteiger partial charge in [-0.2, -0.15) is 5.10 Å². The smallest absolute Gasteiger partial charge is 0.354 e. The predicted molar refractivity (Wildman–Crippen MR) is 119 cm³/mol. The molecule has 4 rings (SSSR count). The Bertz CT molecular complexity index is 1150. The van der Waals surface area contributed by atoms with Gasteiger partial charge in [-0.25, -0.2) is 14.1 Å². The lowest BCUT2D eigenvalue weighted by molar-refractivity contribution is 0.0615. The number of carbonyl (C=O) groups excluding carboxylic acids is 1. The van der Waals surface area contributed by atoms with Crippen LogP contribution in [0.5, 0.6) is 0 Å². The summed E-state index contributed by atoms with van der Waals surface area (Å²) < 4.78 is 18.0. The van der Waals surface area contributed by atoms with Crippen molar-refractivity contribution in [2.75, 3.05) is 18.5 Å². The molecule has 0 radical (unpaired) electrons. The average Bonchev–Trinajstić information content (AvgIpc) is 3.51. The molecule has 174 valence electrons. The lowest BCUT2D eigenvalue weighted by Gasteiger charge is -2.27. The van der Waals surface area contributed by atoms with Crippen molar-refractivity contribution in [3.05, 3.63) is 40.1 Å². The van der Waals surface area contributed by atoms with Crippen molar-refractivity contribution in [3.63, 3.8) is 0 Å². The van der Waals surface area contributed by atoms with Crippen LogP contribution in [-0.4, -0.2) is 48.6 Å². The van der Waals surface area contributed by atoms with E-state index < -0.39 is 41.3 Å². The van der Waals surface area contributed by atoms with E-state index in [0.29, 0.717) is 0 Å². The van der Waals surface area contributed by atoms with E-state index in [9.17, 15) is 24.3 Å². The zero-order chi connectivity index (χ0) is 23.1. The van der Waals surface area contributed by atoms with Crippen LogP contribution < -0.4 is 10.5 Å². The normalized spacial score (nSPS) is 17.0. The highest BCUT2D eigenvalue weighted by Crippen LogP contribution is 2.38. The Morgan fingerprint density at radius 1 is 1.16 bits per heavy atom. The number of aromatic nitrogens is 2. The maximum absolute atomic E-state index is 13.1. The fraction of sp³-hybridized carbons (Fsp3) is 0.524. The fourth-order valence-corrected chi connectivity index (χ4v) is 5.46. The van der Waals surface area contributed by atoms with Crippen LogP contribution in [0.3, 0.4) is 0 Å². The first-order valence-corrected chi connectivity index (χ1v) is 12.2. The van der Waals surface area contributed by atoms with Crippen LogP contribution in [0, 0.1) is 0 Å². The number of carbonyl (C=O) groups is 1. The number of nitrogens with two attached hydrogens (primary N) is 1. The first-order valence-electron chi connectivity index (χ1n) is 10.7. The summed E-state index contributed by atoms with van der Waals surface area (Å²) in [6, 6.07) is 2.69. The van der Waals surface area contributed by atoms with Crippen LogP contribution in [0.4, 0.5) is 10.5 Å². The minimum atomic E-state index is -3.74. The number of aliphatic hydroxyl groups is 3. The van der Waals surface area contributed by atoms with Crippen LogP contribution in [0.15, 0.2) is 21.5 Å². The topological polar surface area (TPSA) is 163 Å². The molecule has 6 N–H and O–H groups in total. The molecular formula is C21H29N5O5S. The molecule has 11 heteroatoms. The number of benzene rings is 1. The summed E-state index contributed by atoms with van der Waals surface area (Å²) in [6.45, 7) is 0.0603. The number of anilines is 1. The first kappa shape index (κ1) is 22.9. The van der Waals surface area contributed by atoms with Gasteiger partial charge in [-0.1, -0.05) is 6.07 Å². The molecule has 0 spiro atoms. The highest BCUT2D eigenvalue weighted by molar-refractivity contribution is 7.91. The third-order valence-corrected chi connectivity index (χ3v) is 7.57. The van der Waals surface area contributed by atoms with Gasteiger partial charge in [0.1, 0.15) is 5.54 Å². The van der Waals surface area contributed by atoms with Crippen LogP contribution in [0.25, 0.3) is 0 Å². The van der Waals surface area contributed by atoms with E-state index in [1.165, 1.54) is 28.8 Å². The van der Waals surface area contributed by atoms with Gasteiger partial charge in [-0.3, -0.25) is 4.68 Å². The molecule has 0 saturated carbocycles. The number of aliphatic hydroxyl groups excluding tert-OH is 3. The molecule has 32 heavy (non-hydrogen) atoms. The Hall–Kier alpha value is -2.31. The molecule has 1 aromatic carbocycles. The number of urea groups is 1. The number of hydrogen-bond acceptors (Lipinski definition) is 6. The average molecular weight is 464 g/mol. The Morgan fingerprint density at radius 2 is 1.75 bits per heavy atom. The van der Waals surface area contributed by atoms with Crippen molar-refractivity contribution < 1.29 is 24.3 Å². The van der Waals surface area contributed by atoms with Crippen molar-refractivity contribution in [2.24, 2.45) is 9.50 Å². The molecule has 10 nitrogen and oxygen atoms in total. The standard InChI is InChI=1S/C21H29N5O5S/c1-21(11-28,12-29)26-15(10-27)9-18(24-26)32(22,31)25-20(30)23-19-16-6-2-4-13(16)8-14-5-3-7-17(14)19/h8-9,27-29H,2-7,10-12H2,1H3,(H3,22,23,25,30,31). The number of nitrogens with zero attached hydrogens (tertiary/aromatic N) is 3. The van der Waals surface area contributed by atoms with E-state index >= 15 is 0 Å². The van der Waals surface area contributed by atoms with Gasteiger partial charge < -0.3 is 20.6 Å². The Morgan fingerprint density at radius 3 is 2.28 bits per heavy atom. The van der Waals surface area contributed by atoms with E-state index in [1.807, 2.05) is 0 Å². The van der Waals surface area contributed by atoms with E-state index in [0.717, 1.165) is 55.3 Å². The summed E-state index contributed by atoms with van der Waals surface area (Å²) in [7, 11) is -3.74. The second-order valence-electron chi connectivity index (χ2n) is 8.68. The van der Waals surface area contributed by atoms with Gasteiger partial charge in [0.25, 0.3) is 0 Å². The molecule has 1 atom stereocenters. The Balaban J connectivity index is 1.68. The second kappa shape index (κ2) is 8.56. The maximum Gasteiger partial charge on any atom is 0.354 e. The highest BCUT2D eigenvalue weighted by atomic mass is 32.2. The van der Waals surface area contributed by atoms with Crippen molar-refractivity contribution >= 4 is 21.6 Å². The predicted octanol–water partition coefficient (Wildman–Crippen LogP) is 0.985. The van der Waals surface area contributed by atoms with Gasteiger partial charge in [0.2, 0.25) is 0 Å². The summed E-state index contributed by atoms with van der Waals surface area (Å²) >= 11 is 0. The second-order valence-corrected chi connectivity index (χ2v) is 10.4. The molecule has 1 heterocycles. The Labute approximate surface area is 186 Å². The van der Waals surface area contributed by atoms with Gasteiger partial charge in [0.15, 0.2) is 14.9 Å². The highest BCUT2D eigenvalue weighted by Gasteiger charge is 2.31. The van der Waals surface area contributed by atoms with Crippen LogP contribution in [0.2, 0.25) is 0 Å². The molecule has 1 unspecified atom stereocenters. The minimum absolute atomic E-state index is 0.179. The van der Waals surface area contributed by atoms with E-state index in [1.54, 1.807) is 0 Å². The fourth-order valence-electron chi connectivity index (χ4n) is 4.57. The third-order valence-electron chi connectivity index (χ3n) is 6.34.